The second-order valence-corrected chi connectivity index (χ2v) is 8.46. The van der Waals surface area contributed by atoms with Crippen LogP contribution < -0.4 is 21.3 Å². The van der Waals surface area contributed by atoms with Crippen molar-refractivity contribution in [3.8, 4) is 5.75 Å². The molecule has 1 heterocycles. The van der Waals surface area contributed by atoms with Crippen LogP contribution in [0.25, 0.3) is 0 Å². The summed E-state index contributed by atoms with van der Waals surface area (Å²) in [7, 11) is 0. The number of hydrogen-bond donors (Lipinski definition) is 5. The number of halogens is 3. The van der Waals surface area contributed by atoms with Gasteiger partial charge in [-0.15, -0.1) is 0 Å². The first-order chi connectivity index (χ1) is 16.1. The quantitative estimate of drug-likeness (QED) is 0.258. The van der Waals surface area contributed by atoms with Gasteiger partial charge in [0, 0.05) is 40.5 Å². The maximum Gasteiger partial charge on any atom is 0.272 e. The SMILES string of the molecule is O=C(CNC(=O)c1cc(NC2=NCC(F)CN2)cc([N+](=O)[O-])c1)NCc1cc(Cl)cc(Br)c1O. The summed E-state index contributed by atoms with van der Waals surface area (Å²) in [6.45, 7) is -0.484. The number of phenolic OH excluding ortho intramolecular Hbond substituents is 1. The maximum absolute atomic E-state index is 13.2. The van der Waals surface area contributed by atoms with Crippen molar-refractivity contribution in [3.05, 3.63) is 61.1 Å². The van der Waals surface area contributed by atoms with Crippen LogP contribution in [0, 0.1) is 10.1 Å². The number of alkyl halides is 1. The number of anilines is 1. The van der Waals surface area contributed by atoms with Gasteiger partial charge >= 0.3 is 0 Å². The first-order valence-electron chi connectivity index (χ1n) is 9.83. The molecule has 1 aliphatic heterocycles. The Labute approximate surface area is 206 Å². The Hall–Kier alpha value is -3.45. The number of nitro groups is 1. The first-order valence-corrected chi connectivity index (χ1v) is 11.0. The Kier molecular flexibility index (Phi) is 8.23. The van der Waals surface area contributed by atoms with Gasteiger partial charge in [-0.25, -0.2) is 9.38 Å². The summed E-state index contributed by atoms with van der Waals surface area (Å²) < 4.78 is 13.6. The van der Waals surface area contributed by atoms with Crippen LogP contribution in [0.4, 0.5) is 15.8 Å². The topological polar surface area (TPSA) is 158 Å². The van der Waals surface area contributed by atoms with Crippen molar-refractivity contribution in [3.63, 3.8) is 0 Å². The third-order valence-corrected chi connectivity index (χ3v) is 5.41. The predicted octanol–water partition coefficient (Wildman–Crippen LogP) is 2.47. The Morgan fingerprint density at radius 3 is 2.74 bits per heavy atom. The third-order valence-electron chi connectivity index (χ3n) is 4.58. The minimum Gasteiger partial charge on any atom is -0.506 e. The van der Waals surface area contributed by atoms with E-state index in [0.29, 0.717) is 15.1 Å². The Bertz CT molecular complexity index is 1160. The Balaban J connectivity index is 1.62. The zero-order valence-corrected chi connectivity index (χ0v) is 19.7. The molecule has 34 heavy (non-hydrogen) atoms. The number of carbonyl (C=O) groups is 2. The van der Waals surface area contributed by atoms with E-state index in [4.69, 9.17) is 11.6 Å². The fourth-order valence-corrected chi connectivity index (χ4v) is 3.81. The lowest BCUT2D eigenvalue weighted by atomic mass is 10.1. The van der Waals surface area contributed by atoms with Crippen molar-refractivity contribution in [1.82, 2.24) is 16.0 Å². The average molecular weight is 558 g/mol. The molecule has 0 aliphatic carbocycles. The standard InChI is InChI=1S/C20H19BrClFN6O5/c21-16-4-12(22)1-11(18(16)31)6-24-17(30)9-25-19(32)10-2-14(5-15(3-10)29(33)34)28-20-26-7-13(23)8-27-20/h1-5,13,31H,6-9H2,(H,24,30)(H,25,32)(H2,26,27,28). The molecule has 2 aromatic carbocycles. The van der Waals surface area contributed by atoms with E-state index in [2.05, 4.69) is 42.2 Å². The summed E-state index contributed by atoms with van der Waals surface area (Å²) in [5.74, 6) is -1.15. The van der Waals surface area contributed by atoms with E-state index in [1.807, 2.05) is 0 Å². The molecule has 11 nitrogen and oxygen atoms in total. The maximum atomic E-state index is 13.2. The number of benzene rings is 2. The molecular weight excluding hydrogens is 539 g/mol. The lowest BCUT2D eigenvalue weighted by Gasteiger charge is -2.19. The molecule has 0 saturated carbocycles. The molecule has 2 aromatic rings. The van der Waals surface area contributed by atoms with E-state index in [9.17, 15) is 29.2 Å². The molecule has 5 N–H and O–H groups in total. The molecule has 14 heteroatoms. The second kappa shape index (κ2) is 11.1. The van der Waals surface area contributed by atoms with Gasteiger partial charge in [0.2, 0.25) is 5.91 Å². The lowest BCUT2D eigenvalue weighted by molar-refractivity contribution is -0.384. The molecule has 0 radical (unpaired) electrons. The smallest absolute Gasteiger partial charge is 0.272 e. The first kappa shape index (κ1) is 25.2. The molecule has 1 atom stereocenters. The lowest BCUT2D eigenvalue weighted by Crippen LogP contribution is -2.41. The normalized spacial score (nSPS) is 15.0. The van der Waals surface area contributed by atoms with Gasteiger partial charge in [0.1, 0.15) is 11.9 Å². The summed E-state index contributed by atoms with van der Waals surface area (Å²) >= 11 is 9.08. The number of non-ortho nitro benzene ring substituents is 1. The molecule has 0 spiro atoms. The third kappa shape index (κ3) is 6.78. The number of rotatable bonds is 7. The molecule has 0 saturated heterocycles. The van der Waals surface area contributed by atoms with E-state index < -0.39 is 29.5 Å². The zero-order chi connectivity index (χ0) is 24.8. The van der Waals surface area contributed by atoms with Crippen LogP contribution in [0.5, 0.6) is 5.75 Å². The number of hydrogen-bond acceptors (Lipinski definition) is 8. The Morgan fingerprint density at radius 2 is 2.06 bits per heavy atom. The van der Waals surface area contributed by atoms with Gasteiger partial charge in [0.05, 0.1) is 29.0 Å². The molecule has 0 aromatic heterocycles. The molecule has 2 amide bonds. The fourth-order valence-electron chi connectivity index (χ4n) is 2.93. The summed E-state index contributed by atoms with van der Waals surface area (Å²) in [6.07, 6.45) is -1.13. The van der Waals surface area contributed by atoms with Gasteiger partial charge in [-0.2, -0.15) is 0 Å². The van der Waals surface area contributed by atoms with Crippen molar-refractivity contribution in [2.75, 3.05) is 25.0 Å². The largest absolute Gasteiger partial charge is 0.506 e. The van der Waals surface area contributed by atoms with E-state index in [1.165, 1.54) is 24.3 Å². The molecule has 1 unspecified atom stereocenters. The number of aliphatic imine (C=N–C) groups is 1. The van der Waals surface area contributed by atoms with Gasteiger partial charge < -0.3 is 26.4 Å². The van der Waals surface area contributed by atoms with Crippen LogP contribution in [0.3, 0.4) is 0 Å². The summed E-state index contributed by atoms with van der Waals surface area (Å²) in [5.41, 5.74) is 0.128. The minimum absolute atomic E-state index is 0.0349. The zero-order valence-electron chi connectivity index (χ0n) is 17.4. The van der Waals surface area contributed by atoms with Crippen molar-refractivity contribution in [1.29, 1.82) is 0 Å². The van der Waals surface area contributed by atoms with Gasteiger partial charge in [-0.1, -0.05) is 11.6 Å². The highest BCUT2D eigenvalue weighted by molar-refractivity contribution is 9.10. The number of nitro benzene ring substituents is 1. The summed E-state index contributed by atoms with van der Waals surface area (Å²) in [6, 6.07) is 6.59. The van der Waals surface area contributed by atoms with Crippen LogP contribution in [0.1, 0.15) is 15.9 Å². The van der Waals surface area contributed by atoms with Crippen molar-refractivity contribution in [2.45, 2.75) is 12.7 Å². The predicted molar refractivity (Wildman–Crippen MR) is 127 cm³/mol. The second-order valence-electron chi connectivity index (χ2n) is 7.17. The molecule has 1 aliphatic rings. The van der Waals surface area contributed by atoms with Gasteiger partial charge in [-0.3, -0.25) is 19.7 Å². The van der Waals surface area contributed by atoms with Crippen LogP contribution in [0.15, 0.2) is 39.8 Å². The average Bonchev–Trinajstić information content (AvgIpc) is 2.80. The van der Waals surface area contributed by atoms with Crippen molar-refractivity contribution >= 4 is 56.7 Å². The van der Waals surface area contributed by atoms with E-state index in [0.717, 1.165) is 6.07 Å². The Morgan fingerprint density at radius 1 is 1.29 bits per heavy atom. The molecular formula is C20H19BrClFN6O5. The number of amides is 2. The fraction of sp³-hybridized carbons (Fsp3) is 0.250. The van der Waals surface area contributed by atoms with Crippen LogP contribution >= 0.6 is 27.5 Å². The van der Waals surface area contributed by atoms with Crippen molar-refractivity contribution in [2.24, 2.45) is 4.99 Å². The van der Waals surface area contributed by atoms with Crippen molar-refractivity contribution < 1.29 is 24.0 Å². The number of carbonyl (C=O) groups excluding carboxylic acids is 2. The van der Waals surface area contributed by atoms with E-state index >= 15 is 0 Å². The van der Waals surface area contributed by atoms with E-state index in [-0.39, 0.29) is 48.3 Å². The minimum atomic E-state index is -1.13. The highest BCUT2D eigenvalue weighted by Crippen LogP contribution is 2.31. The molecule has 0 fully saturated rings. The van der Waals surface area contributed by atoms with Crippen LogP contribution in [-0.4, -0.2) is 53.6 Å². The number of guanidine groups is 1. The highest BCUT2D eigenvalue weighted by Gasteiger charge is 2.18. The van der Waals surface area contributed by atoms with Gasteiger partial charge in [0.15, 0.2) is 5.96 Å². The van der Waals surface area contributed by atoms with Crippen LogP contribution in [-0.2, 0) is 11.3 Å². The van der Waals surface area contributed by atoms with Gasteiger partial charge in [-0.05, 0) is 34.1 Å². The molecule has 3 rings (SSSR count). The molecule has 0 bridgehead atoms. The van der Waals surface area contributed by atoms with Crippen LogP contribution in [0.2, 0.25) is 5.02 Å². The number of nitrogens with one attached hydrogen (secondary N) is 4. The monoisotopic (exact) mass is 556 g/mol. The highest BCUT2D eigenvalue weighted by atomic mass is 79.9. The summed E-state index contributed by atoms with van der Waals surface area (Å²) in [4.78, 5) is 39.2. The number of phenols is 1. The van der Waals surface area contributed by atoms with Gasteiger partial charge in [0.25, 0.3) is 11.6 Å². The molecule has 180 valence electrons. The summed E-state index contributed by atoms with van der Waals surface area (Å²) in [5, 5.41) is 32.0. The van der Waals surface area contributed by atoms with E-state index in [1.54, 1.807) is 0 Å². The number of nitrogens with zero attached hydrogens (tertiary/aromatic N) is 2. The number of aromatic hydroxyl groups is 1.